The number of ether oxygens (including phenoxy) is 2. The van der Waals surface area contributed by atoms with E-state index in [2.05, 4.69) is 43.1 Å². The molecule has 1 aromatic heterocycles. The van der Waals surface area contributed by atoms with Crippen LogP contribution in [0.2, 0.25) is 0 Å². The first-order valence-corrected chi connectivity index (χ1v) is 8.83. The van der Waals surface area contributed by atoms with Crippen molar-refractivity contribution in [3.63, 3.8) is 0 Å². The van der Waals surface area contributed by atoms with Crippen molar-refractivity contribution in [1.82, 2.24) is 14.8 Å². The molecular formula is C17H25N3O2S. The molecular weight excluding hydrogens is 310 g/mol. The monoisotopic (exact) mass is 335 g/mol. The Hall–Kier alpha value is -1.53. The number of nitrogens with zero attached hydrogens (tertiary/aromatic N) is 3. The summed E-state index contributed by atoms with van der Waals surface area (Å²) in [5.41, 5.74) is 2.66. The smallest absolute Gasteiger partial charge is 0.191 e. The topological polar surface area (TPSA) is 49.2 Å². The lowest BCUT2D eigenvalue weighted by Crippen LogP contribution is -2.06. The predicted molar refractivity (Wildman–Crippen MR) is 93.4 cm³/mol. The van der Waals surface area contributed by atoms with E-state index in [1.165, 1.54) is 11.1 Å². The fourth-order valence-electron chi connectivity index (χ4n) is 2.38. The van der Waals surface area contributed by atoms with E-state index in [4.69, 9.17) is 9.47 Å². The zero-order valence-electron chi connectivity index (χ0n) is 14.3. The van der Waals surface area contributed by atoms with E-state index in [-0.39, 0.29) is 0 Å². The first kappa shape index (κ1) is 17.8. The van der Waals surface area contributed by atoms with Gasteiger partial charge in [0.15, 0.2) is 5.16 Å². The molecule has 0 bridgehead atoms. The van der Waals surface area contributed by atoms with Crippen LogP contribution in [0, 0.1) is 6.92 Å². The van der Waals surface area contributed by atoms with E-state index in [0.29, 0.717) is 19.1 Å². The summed E-state index contributed by atoms with van der Waals surface area (Å²) >= 11 is 1.64. The maximum Gasteiger partial charge on any atom is 0.191 e. The molecule has 0 saturated carbocycles. The lowest BCUT2D eigenvalue weighted by molar-refractivity contribution is 0.184. The number of thioether (sulfide) groups is 1. The first-order valence-electron chi connectivity index (χ1n) is 7.84. The van der Waals surface area contributed by atoms with Crippen LogP contribution in [0.4, 0.5) is 0 Å². The zero-order chi connectivity index (χ0) is 16.7. The highest BCUT2D eigenvalue weighted by Crippen LogP contribution is 2.24. The molecule has 0 aliphatic heterocycles. The van der Waals surface area contributed by atoms with Gasteiger partial charge in [-0.15, -0.1) is 10.2 Å². The molecule has 1 aromatic carbocycles. The molecule has 126 valence electrons. The molecule has 0 fully saturated rings. The van der Waals surface area contributed by atoms with Crippen molar-refractivity contribution in [2.75, 3.05) is 26.1 Å². The number of hydrogen-bond donors (Lipinski definition) is 0. The highest BCUT2D eigenvalue weighted by Gasteiger charge is 2.06. The minimum Gasteiger partial charge on any atom is -0.493 e. The Bertz CT molecular complexity index is 614. The average molecular weight is 335 g/mol. The van der Waals surface area contributed by atoms with Gasteiger partial charge in [-0.25, -0.2) is 0 Å². The molecule has 0 saturated heterocycles. The molecule has 0 atom stereocenters. The van der Waals surface area contributed by atoms with E-state index in [9.17, 15) is 0 Å². The standard InChI is InChI=1S/C17H25N3O2S/c1-13(2)16-6-5-15(11-14(16)3)22-9-10-23-17-19-18-12-20(17)7-8-21-4/h5-6,11-13H,7-10H2,1-4H3. The van der Waals surface area contributed by atoms with Crippen LogP contribution in [0.25, 0.3) is 0 Å². The number of aryl methyl sites for hydroxylation is 1. The van der Waals surface area contributed by atoms with Gasteiger partial charge in [0, 0.05) is 19.4 Å². The third-order valence-electron chi connectivity index (χ3n) is 3.56. The second-order valence-electron chi connectivity index (χ2n) is 5.67. The average Bonchev–Trinajstić information content (AvgIpc) is 2.96. The second kappa shape index (κ2) is 8.93. The first-order chi connectivity index (χ1) is 11.1. The molecule has 0 amide bonds. The summed E-state index contributed by atoms with van der Waals surface area (Å²) in [5.74, 6) is 2.29. The largest absolute Gasteiger partial charge is 0.493 e. The van der Waals surface area contributed by atoms with Crippen molar-refractivity contribution in [3.05, 3.63) is 35.7 Å². The van der Waals surface area contributed by atoms with Crippen LogP contribution in [0.15, 0.2) is 29.7 Å². The normalized spacial score (nSPS) is 11.2. The van der Waals surface area contributed by atoms with Gasteiger partial charge in [0.1, 0.15) is 12.1 Å². The Morgan fingerprint density at radius 3 is 2.78 bits per heavy atom. The molecule has 0 spiro atoms. The SMILES string of the molecule is COCCn1cnnc1SCCOc1ccc(C(C)C)c(C)c1. The van der Waals surface area contributed by atoms with Crippen LogP contribution in [0.5, 0.6) is 5.75 Å². The molecule has 6 heteroatoms. The Kier molecular flexibility index (Phi) is 6.92. The van der Waals surface area contributed by atoms with Crippen molar-refractivity contribution in [1.29, 1.82) is 0 Å². The number of benzene rings is 1. The fraction of sp³-hybridized carbons (Fsp3) is 0.529. The molecule has 0 radical (unpaired) electrons. The maximum atomic E-state index is 5.84. The van der Waals surface area contributed by atoms with Crippen molar-refractivity contribution in [3.8, 4) is 5.75 Å². The van der Waals surface area contributed by atoms with Crippen molar-refractivity contribution < 1.29 is 9.47 Å². The number of rotatable bonds is 9. The van der Waals surface area contributed by atoms with Crippen LogP contribution in [-0.2, 0) is 11.3 Å². The number of hydrogen-bond acceptors (Lipinski definition) is 5. The van der Waals surface area contributed by atoms with E-state index < -0.39 is 0 Å². The lowest BCUT2D eigenvalue weighted by atomic mass is 9.98. The van der Waals surface area contributed by atoms with Gasteiger partial charge >= 0.3 is 0 Å². The van der Waals surface area contributed by atoms with Gasteiger partial charge in [-0.1, -0.05) is 31.7 Å². The molecule has 5 nitrogen and oxygen atoms in total. The van der Waals surface area contributed by atoms with Gasteiger partial charge in [0.2, 0.25) is 0 Å². The molecule has 0 aliphatic carbocycles. The molecule has 2 rings (SSSR count). The maximum absolute atomic E-state index is 5.84. The fourth-order valence-corrected chi connectivity index (χ4v) is 3.14. The molecule has 1 heterocycles. The third-order valence-corrected chi connectivity index (χ3v) is 4.51. The Balaban J connectivity index is 1.79. The van der Waals surface area contributed by atoms with E-state index in [0.717, 1.165) is 23.2 Å². The number of aromatic nitrogens is 3. The molecule has 23 heavy (non-hydrogen) atoms. The molecule has 0 unspecified atom stereocenters. The van der Waals surface area contributed by atoms with Crippen LogP contribution < -0.4 is 4.74 Å². The van der Waals surface area contributed by atoms with E-state index in [1.807, 2.05) is 10.6 Å². The highest BCUT2D eigenvalue weighted by molar-refractivity contribution is 7.99. The Labute approximate surface area is 142 Å². The minimum atomic E-state index is 0.540. The minimum absolute atomic E-state index is 0.540. The van der Waals surface area contributed by atoms with Crippen molar-refractivity contribution >= 4 is 11.8 Å². The van der Waals surface area contributed by atoms with E-state index in [1.54, 1.807) is 25.2 Å². The summed E-state index contributed by atoms with van der Waals surface area (Å²) in [5, 5.41) is 8.97. The van der Waals surface area contributed by atoms with Gasteiger partial charge in [0.25, 0.3) is 0 Å². The summed E-state index contributed by atoms with van der Waals surface area (Å²) in [7, 11) is 1.69. The van der Waals surface area contributed by atoms with Gasteiger partial charge < -0.3 is 14.0 Å². The van der Waals surface area contributed by atoms with Crippen LogP contribution in [-0.4, -0.2) is 40.8 Å². The van der Waals surface area contributed by atoms with Gasteiger partial charge in [0.05, 0.1) is 13.2 Å². The van der Waals surface area contributed by atoms with Gasteiger partial charge in [-0.2, -0.15) is 0 Å². The zero-order valence-corrected chi connectivity index (χ0v) is 15.1. The summed E-state index contributed by atoms with van der Waals surface area (Å²) in [6.07, 6.45) is 1.73. The second-order valence-corrected chi connectivity index (χ2v) is 6.73. The predicted octanol–water partition coefficient (Wildman–Crippen LogP) is 3.53. The molecule has 2 aromatic rings. The van der Waals surface area contributed by atoms with Crippen LogP contribution >= 0.6 is 11.8 Å². The Morgan fingerprint density at radius 2 is 2.09 bits per heavy atom. The lowest BCUT2D eigenvalue weighted by Gasteiger charge is -2.12. The molecule has 0 N–H and O–H groups in total. The summed E-state index contributed by atoms with van der Waals surface area (Å²) in [6, 6.07) is 6.32. The summed E-state index contributed by atoms with van der Waals surface area (Å²) < 4.78 is 12.9. The molecule has 0 aliphatic rings. The van der Waals surface area contributed by atoms with Crippen molar-refractivity contribution in [2.24, 2.45) is 0 Å². The summed E-state index contributed by atoms with van der Waals surface area (Å²) in [6.45, 7) is 8.61. The van der Waals surface area contributed by atoms with Crippen molar-refractivity contribution in [2.45, 2.75) is 38.4 Å². The Morgan fingerprint density at radius 1 is 1.26 bits per heavy atom. The van der Waals surface area contributed by atoms with E-state index >= 15 is 0 Å². The highest BCUT2D eigenvalue weighted by atomic mass is 32.2. The van der Waals surface area contributed by atoms with Crippen LogP contribution in [0.1, 0.15) is 30.9 Å². The quantitative estimate of drug-likeness (QED) is 0.518. The summed E-state index contributed by atoms with van der Waals surface area (Å²) in [4.78, 5) is 0. The van der Waals surface area contributed by atoms with Crippen LogP contribution in [0.3, 0.4) is 0 Å². The number of methoxy groups -OCH3 is 1. The van der Waals surface area contributed by atoms with Gasteiger partial charge in [-0.3, -0.25) is 0 Å². The third kappa shape index (κ3) is 5.25. The van der Waals surface area contributed by atoms with Gasteiger partial charge in [-0.05, 0) is 36.1 Å².